The number of likely N-dealkylation sites (tertiary alicyclic amines) is 1. The van der Waals surface area contributed by atoms with Gasteiger partial charge < -0.3 is 14.2 Å². The predicted octanol–water partition coefficient (Wildman–Crippen LogP) is 2.80. The van der Waals surface area contributed by atoms with Crippen LogP contribution in [0.15, 0.2) is 4.52 Å². The third-order valence-electron chi connectivity index (χ3n) is 4.92. The van der Waals surface area contributed by atoms with Crippen LogP contribution in [-0.4, -0.2) is 47.3 Å². The van der Waals surface area contributed by atoms with Crippen LogP contribution in [0.5, 0.6) is 0 Å². The minimum absolute atomic E-state index is 0.00685. The number of ether oxygens (including phenoxy) is 1. The van der Waals surface area contributed by atoms with Crippen molar-refractivity contribution in [3.63, 3.8) is 0 Å². The summed E-state index contributed by atoms with van der Waals surface area (Å²) in [5.74, 6) is 1.22. The summed E-state index contributed by atoms with van der Waals surface area (Å²) in [6.45, 7) is 5.92. The molecule has 6 nitrogen and oxygen atoms in total. The molecule has 0 aromatic carbocycles. The van der Waals surface area contributed by atoms with Crippen LogP contribution in [0.25, 0.3) is 0 Å². The van der Waals surface area contributed by atoms with Crippen LogP contribution in [0, 0.1) is 5.92 Å². The smallest absolute Gasteiger partial charge is 0.266 e. The lowest BCUT2D eigenvalue weighted by Gasteiger charge is -2.19. The van der Waals surface area contributed by atoms with E-state index in [0.29, 0.717) is 37.9 Å². The summed E-state index contributed by atoms with van der Waals surface area (Å²) in [6.07, 6.45) is 3.17. The number of hydrogen-bond acceptors (Lipinski definition) is 5. The lowest BCUT2D eigenvalue weighted by Crippen LogP contribution is -2.32. The molecule has 1 aromatic rings. The number of carbonyl (C=O) groups excluding carboxylic acids is 1. The molecule has 2 aliphatic heterocycles. The second-order valence-electron chi connectivity index (χ2n) is 7.31. The van der Waals surface area contributed by atoms with Crippen molar-refractivity contribution < 1.29 is 18.4 Å². The average Bonchev–Trinajstić information content (AvgIpc) is 3.21. The molecule has 1 atom stereocenters. The van der Waals surface area contributed by atoms with Gasteiger partial charge in [0.05, 0.1) is 6.54 Å². The number of halogens is 1. The molecule has 3 rings (SSSR count). The Morgan fingerprint density at radius 2 is 2.17 bits per heavy atom. The summed E-state index contributed by atoms with van der Waals surface area (Å²) in [4.78, 5) is 18.1. The molecule has 1 amide bonds. The third-order valence-corrected chi connectivity index (χ3v) is 4.92. The topological polar surface area (TPSA) is 68.5 Å². The first-order valence-corrected chi connectivity index (χ1v) is 8.86. The lowest BCUT2D eigenvalue weighted by atomic mass is 9.99. The molecule has 7 heteroatoms. The molecule has 0 aliphatic carbocycles. The van der Waals surface area contributed by atoms with Crippen LogP contribution in [0.2, 0.25) is 0 Å². The number of nitrogens with zero attached hydrogens (tertiary/aromatic N) is 3. The molecular weight excluding hydrogens is 313 g/mol. The first-order valence-electron chi connectivity index (χ1n) is 8.86. The summed E-state index contributed by atoms with van der Waals surface area (Å²) < 4.78 is 25.8. The van der Waals surface area contributed by atoms with E-state index in [1.165, 1.54) is 0 Å². The Balaban J connectivity index is 1.62. The van der Waals surface area contributed by atoms with Crippen LogP contribution in [0.4, 0.5) is 4.39 Å². The highest BCUT2D eigenvalue weighted by atomic mass is 19.1. The highest BCUT2D eigenvalue weighted by molar-refractivity contribution is 5.76. The monoisotopic (exact) mass is 339 g/mol. The van der Waals surface area contributed by atoms with E-state index in [9.17, 15) is 4.79 Å². The van der Waals surface area contributed by atoms with Gasteiger partial charge in [-0.25, -0.2) is 4.39 Å². The van der Waals surface area contributed by atoms with Crippen molar-refractivity contribution >= 4 is 5.91 Å². The van der Waals surface area contributed by atoms with Gasteiger partial charge in [-0.3, -0.25) is 4.79 Å². The molecule has 2 fully saturated rings. The van der Waals surface area contributed by atoms with E-state index in [-0.39, 0.29) is 30.7 Å². The van der Waals surface area contributed by atoms with E-state index in [4.69, 9.17) is 9.26 Å². The van der Waals surface area contributed by atoms with Crippen molar-refractivity contribution in [3.05, 3.63) is 11.7 Å². The molecule has 1 aromatic heterocycles. The normalized spacial score (nSPS) is 25.6. The summed E-state index contributed by atoms with van der Waals surface area (Å²) in [5, 5.41) is 3.97. The Morgan fingerprint density at radius 3 is 2.88 bits per heavy atom. The van der Waals surface area contributed by atoms with Crippen molar-refractivity contribution in [2.24, 2.45) is 5.92 Å². The van der Waals surface area contributed by atoms with Gasteiger partial charge in [0.2, 0.25) is 11.6 Å². The number of carbonyl (C=O) groups is 1. The Labute approximate surface area is 141 Å². The van der Waals surface area contributed by atoms with Gasteiger partial charge in [0.1, 0.15) is 0 Å². The van der Waals surface area contributed by atoms with E-state index in [1.807, 2.05) is 0 Å². The molecule has 0 bridgehead atoms. The van der Waals surface area contributed by atoms with Crippen molar-refractivity contribution in [2.45, 2.75) is 57.5 Å². The fourth-order valence-electron chi connectivity index (χ4n) is 3.27. The molecular formula is C17H26FN3O3. The zero-order valence-electron chi connectivity index (χ0n) is 14.5. The van der Waals surface area contributed by atoms with E-state index in [0.717, 1.165) is 19.3 Å². The summed E-state index contributed by atoms with van der Waals surface area (Å²) in [7, 11) is 0. The zero-order chi connectivity index (χ0) is 17.2. The van der Waals surface area contributed by atoms with Gasteiger partial charge >= 0.3 is 0 Å². The average molecular weight is 339 g/mol. The van der Waals surface area contributed by atoms with E-state index < -0.39 is 5.67 Å². The van der Waals surface area contributed by atoms with Gasteiger partial charge in [0.25, 0.3) is 5.89 Å². The maximum atomic E-state index is 15.2. The highest BCUT2D eigenvalue weighted by Crippen LogP contribution is 2.36. The SMILES string of the molecule is CC(C)CCC(=O)N1CCC(F)(c2nc(C3CCOCC3)no2)C1. The maximum absolute atomic E-state index is 15.2. The van der Waals surface area contributed by atoms with Crippen molar-refractivity contribution in [1.29, 1.82) is 0 Å². The number of aromatic nitrogens is 2. The fourth-order valence-corrected chi connectivity index (χ4v) is 3.27. The van der Waals surface area contributed by atoms with Gasteiger partial charge in [0.15, 0.2) is 5.82 Å². The van der Waals surface area contributed by atoms with E-state index in [1.54, 1.807) is 4.90 Å². The molecule has 134 valence electrons. The van der Waals surface area contributed by atoms with Crippen molar-refractivity contribution in [3.8, 4) is 0 Å². The van der Waals surface area contributed by atoms with Crippen LogP contribution in [-0.2, 0) is 15.2 Å². The number of hydrogen-bond donors (Lipinski definition) is 0. The van der Waals surface area contributed by atoms with Crippen molar-refractivity contribution in [2.75, 3.05) is 26.3 Å². The van der Waals surface area contributed by atoms with Crippen molar-refractivity contribution in [1.82, 2.24) is 15.0 Å². The standard InChI is InChI=1S/C17H26FN3O3/c1-12(2)3-4-14(22)21-8-7-17(18,11-21)16-19-15(20-24-16)13-5-9-23-10-6-13/h12-13H,3-11H2,1-2H3. The predicted molar refractivity (Wildman–Crippen MR) is 85.1 cm³/mol. The Hall–Kier alpha value is -1.50. The van der Waals surface area contributed by atoms with Crippen LogP contribution < -0.4 is 0 Å². The Kier molecular flexibility index (Phi) is 5.18. The third kappa shape index (κ3) is 3.77. The first kappa shape index (κ1) is 17.3. The minimum Gasteiger partial charge on any atom is -0.381 e. The maximum Gasteiger partial charge on any atom is 0.266 e. The summed E-state index contributed by atoms with van der Waals surface area (Å²) in [5.41, 5.74) is -1.72. The second-order valence-corrected chi connectivity index (χ2v) is 7.31. The second kappa shape index (κ2) is 7.17. The largest absolute Gasteiger partial charge is 0.381 e. The quantitative estimate of drug-likeness (QED) is 0.825. The zero-order valence-corrected chi connectivity index (χ0v) is 14.5. The number of amides is 1. The summed E-state index contributed by atoms with van der Waals surface area (Å²) >= 11 is 0. The van der Waals surface area contributed by atoms with Crippen LogP contribution >= 0.6 is 0 Å². The van der Waals surface area contributed by atoms with Gasteiger partial charge in [0, 0.05) is 38.5 Å². The summed E-state index contributed by atoms with van der Waals surface area (Å²) in [6, 6.07) is 0. The first-order chi connectivity index (χ1) is 11.5. The molecule has 24 heavy (non-hydrogen) atoms. The van der Waals surface area contributed by atoms with Crippen LogP contribution in [0.1, 0.15) is 63.6 Å². The molecule has 0 saturated carbocycles. The minimum atomic E-state index is -1.72. The van der Waals surface area contributed by atoms with Gasteiger partial charge in [-0.05, 0) is 25.2 Å². The molecule has 1 unspecified atom stereocenters. The molecule has 0 radical (unpaired) electrons. The fraction of sp³-hybridized carbons (Fsp3) is 0.824. The molecule has 3 heterocycles. The molecule has 0 spiro atoms. The lowest BCUT2D eigenvalue weighted by molar-refractivity contribution is -0.131. The molecule has 0 N–H and O–H groups in total. The Morgan fingerprint density at radius 1 is 1.42 bits per heavy atom. The van der Waals surface area contributed by atoms with Gasteiger partial charge in [-0.1, -0.05) is 19.0 Å². The molecule has 2 aliphatic rings. The van der Waals surface area contributed by atoms with Crippen LogP contribution in [0.3, 0.4) is 0 Å². The van der Waals surface area contributed by atoms with Gasteiger partial charge in [-0.15, -0.1) is 0 Å². The number of alkyl halides is 1. The Bertz CT molecular complexity index is 571. The van der Waals surface area contributed by atoms with Gasteiger partial charge in [-0.2, -0.15) is 4.98 Å². The molecule has 2 saturated heterocycles. The number of rotatable bonds is 5. The van der Waals surface area contributed by atoms with E-state index >= 15 is 4.39 Å². The highest BCUT2D eigenvalue weighted by Gasteiger charge is 2.46. The van der Waals surface area contributed by atoms with E-state index in [2.05, 4.69) is 24.0 Å².